The lowest BCUT2D eigenvalue weighted by Crippen LogP contribution is -2.06. The quantitative estimate of drug-likeness (QED) is 0.358. The Morgan fingerprint density at radius 3 is 2.41 bits per heavy atom. The highest BCUT2D eigenvalue weighted by molar-refractivity contribution is 6.35. The molecule has 0 aromatic heterocycles. The first-order valence-corrected chi connectivity index (χ1v) is 9.56. The number of methoxy groups -OCH3 is 1. The largest absolute Gasteiger partial charge is 0.493 e. The van der Waals surface area contributed by atoms with Crippen LogP contribution in [0.4, 0.5) is 4.39 Å². The molecule has 3 aromatic rings. The van der Waals surface area contributed by atoms with Crippen molar-refractivity contribution in [2.45, 2.75) is 13.2 Å². The third-order valence-electron chi connectivity index (χ3n) is 4.12. The van der Waals surface area contributed by atoms with Crippen molar-refractivity contribution in [2.24, 2.45) is 5.10 Å². The second kappa shape index (κ2) is 10.1. The monoisotopic (exact) mass is 432 g/mol. The molecule has 4 nitrogen and oxygen atoms in total. The maximum atomic E-state index is 13.0. The molecule has 7 heteroatoms. The van der Waals surface area contributed by atoms with E-state index < -0.39 is 0 Å². The maximum Gasteiger partial charge on any atom is 0.161 e. The van der Waals surface area contributed by atoms with Crippen molar-refractivity contribution in [3.8, 4) is 11.5 Å². The second-order valence-corrected chi connectivity index (χ2v) is 6.93. The molecular weight excluding hydrogens is 414 g/mol. The fourth-order valence-electron chi connectivity index (χ4n) is 2.57. The van der Waals surface area contributed by atoms with Gasteiger partial charge in [-0.05, 0) is 53.6 Å². The van der Waals surface area contributed by atoms with Gasteiger partial charge in [0.1, 0.15) is 12.4 Å². The Balaban J connectivity index is 1.60. The number of rotatable bonds is 8. The number of nitrogens with one attached hydrogen (secondary N) is 1. The normalized spacial score (nSPS) is 10.9. The molecule has 0 unspecified atom stereocenters. The van der Waals surface area contributed by atoms with E-state index in [1.165, 1.54) is 12.1 Å². The smallest absolute Gasteiger partial charge is 0.161 e. The van der Waals surface area contributed by atoms with E-state index in [0.29, 0.717) is 34.7 Å². The molecule has 1 N–H and O–H groups in total. The third-order valence-corrected chi connectivity index (χ3v) is 4.83. The minimum atomic E-state index is -0.277. The van der Waals surface area contributed by atoms with Crippen LogP contribution in [0.3, 0.4) is 0 Å². The Hall–Kier alpha value is -2.76. The number of hydrogen-bond acceptors (Lipinski definition) is 4. The van der Waals surface area contributed by atoms with Crippen molar-refractivity contribution in [3.63, 3.8) is 0 Å². The van der Waals surface area contributed by atoms with Gasteiger partial charge in [0, 0.05) is 15.6 Å². The molecule has 0 saturated carbocycles. The summed E-state index contributed by atoms with van der Waals surface area (Å²) in [6.07, 6.45) is 1.66. The molecule has 3 aromatic carbocycles. The van der Waals surface area contributed by atoms with Crippen LogP contribution in [0.15, 0.2) is 65.8 Å². The SMILES string of the molecule is COc1cc(/C=N\NCc2c(Cl)cccc2Cl)ccc1OCc1ccc(F)cc1. The highest BCUT2D eigenvalue weighted by atomic mass is 35.5. The van der Waals surface area contributed by atoms with E-state index in [9.17, 15) is 4.39 Å². The van der Waals surface area contributed by atoms with Crippen LogP contribution in [0.2, 0.25) is 10.0 Å². The third kappa shape index (κ3) is 5.86. The molecule has 0 atom stereocenters. The lowest BCUT2D eigenvalue weighted by atomic mass is 10.2. The van der Waals surface area contributed by atoms with Crippen molar-refractivity contribution in [1.29, 1.82) is 0 Å². The van der Waals surface area contributed by atoms with Gasteiger partial charge in [0.05, 0.1) is 19.9 Å². The summed E-state index contributed by atoms with van der Waals surface area (Å²) in [6.45, 7) is 0.717. The summed E-state index contributed by atoms with van der Waals surface area (Å²) in [5, 5.41) is 5.38. The molecule has 0 heterocycles. The molecule has 150 valence electrons. The van der Waals surface area contributed by atoms with Gasteiger partial charge in [0.25, 0.3) is 0 Å². The van der Waals surface area contributed by atoms with E-state index in [1.807, 2.05) is 12.1 Å². The first-order chi connectivity index (χ1) is 14.1. The molecule has 0 aliphatic carbocycles. The first-order valence-electron chi connectivity index (χ1n) is 8.81. The van der Waals surface area contributed by atoms with Gasteiger partial charge in [-0.1, -0.05) is 41.4 Å². The van der Waals surface area contributed by atoms with Crippen molar-refractivity contribution >= 4 is 29.4 Å². The van der Waals surface area contributed by atoms with Crippen LogP contribution in [0, 0.1) is 5.82 Å². The molecule has 0 spiro atoms. The Kier molecular flexibility index (Phi) is 7.33. The predicted molar refractivity (Wildman–Crippen MR) is 115 cm³/mol. The van der Waals surface area contributed by atoms with Crippen molar-refractivity contribution in [3.05, 3.63) is 93.2 Å². The molecule has 3 rings (SSSR count). The summed E-state index contributed by atoms with van der Waals surface area (Å²) in [5.74, 6) is 0.885. The zero-order valence-corrected chi connectivity index (χ0v) is 17.2. The van der Waals surface area contributed by atoms with E-state index in [0.717, 1.165) is 16.7 Å². The number of hydrogen-bond donors (Lipinski definition) is 1. The highest BCUT2D eigenvalue weighted by Gasteiger charge is 2.07. The average molecular weight is 433 g/mol. The Bertz CT molecular complexity index is 974. The molecule has 0 fully saturated rings. The van der Waals surface area contributed by atoms with E-state index in [-0.39, 0.29) is 5.82 Å². The molecule has 0 saturated heterocycles. The topological polar surface area (TPSA) is 42.8 Å². The standard InChI is InChI=1S/C22H19Cl2FN2O2/c1-28-22-11-16(12-26-27-13-18-19(23)3-2-4-20(18)24)7-10-21(22)29-14-15-5-8-17(25)9-6-15/h2-12,27H,13-14H2,1H3/b26-12-. The number of benzene rings is 3. The number of halogens is 3. The van der Waals surface area contributed by atoms with Gasteiger partial charge in [-0.25, -0.2) is 4.39 Å². The van der Waals surface area contributed by atoms with Gasteiger partial charge in [0.2, 0.25) is 0 Å². The van der Waals surface area contributed by atoms with Crippen LogP contribution in [0.25, 0.3) is 0 Å². The van der Waals surface area contributed by atoms with E-state index in [4.69, 9.17) is 32.7 Å². The Morgan fingerprint density at radius 2 is 1.72 bits per heavy atom. The number of ether oxygens (including phenoxy) is 2. The lowest BCUT2D eigenvalue weighted by Gasteiger charge is -2.11. The van der Waals surface area contributed by atoms with Crippen LogP contribution < -0.4 is 14.9 Å². The fourth-order valence-corrected chi connectivity index (χ4v) is 3.10. The van der Waals surface area contributed by atoms with Crippen molar-refractivity contribution in [1.82, 2.24) is 5.43 Å². The predicted octanol–water partition coefficient (Wildman–Crippen LogP) is 5.84. The molecule has 0 bridgehead atoms. The van der Waals surface area contributed by atoms with Crippen LogP contribution in [-0.2, 0) is 13.2 Å². The summed E-state index contributed by atoms with van der Waals surface area (Å²) >= 11 is 12.3. The number of hydrazone groups is 1. The summed E-state index contributed by atoms with van der Waals surface area (Å²) in [4.78, 5) is 0. The lowest BCUT2D eigenvalue weighted by molar-refractivity contribution is 0.284. The minimum absolute atomic E-state index is 0.277. The van der Waals surface area contributed by atoms with Crippen LogP contribution in [0.5, 0.6) is 11.5 Å². The van der Waals surface area contributed by atoms with Gasteiger partial charge in [-0.15, -0.1) is 0 Å². The van der Waals surface area contributed by atoms with Gasteiger partial charge < -0.3 is 14.9 Å². The zero-order chi connectivity index (χ0) is 20.6. The van der Waals surface area contributed by atoms with Gasteiger partial charge in [-0.2, -0.15) is 5.10 Å². The number of nitrogens with zero attached hydrogens (tertiary/aromatic N) is 1. The molecule has 0 radical (unpaired) electrons. The maximum absolute atomic E-state index is 13.0. The Labute approximate surface area is 178 Å². The van der Waals surface area contributed by atoms with Crippen molar-refractivity contribution < 1.29 is 13.9 Å². The summed E-state index contributed by atoms with van der Waals surface area (Å²) < 4.78 is 24.2. The Morgan fingerprint density at radius 1 is 1.00 bits per heavy atom. The van der Waals surface area contributed by atoms with E-state index >= 15 is 0 Å². The van der Waals surface area contributed by atoms with Crippen LogP contribution in [0.1, 0.15) is 16.7 Å². The fraction of sp³-hybridized carbons (Fsp3) is 0.136. The molecule has 0 amide bonds. The van der Waals surface area contributed by atoms with Crippen LogP contribution >= 0.6 is 23.2 Å². The van der Waals surface area contributed by atoms with Gasteiger partial charge in [0.15, 0.2) is 11.5 Å². The molecule has 0 aliphatic heterocycles. The minimum Gasteiger partial charge on any atom is -0.493 e. The zero-order valence-electron chi connectivity index (χ0n) is 15.7. The molecule has 0 aliphatic rings. The van der Waals surface area contributed by atoms with Gasteiger partial charge >= 0.3 is 0 Å². The van der Waals surface area contributed by atoms with E-state index in [1.54, 1.807) is 49.7 Å². The average Bonchev–Trinajstić information content (AvgIpc) is 2.73. The highest BCUT2D eigenvalue weighted by Crippen LogP contribution is 2.28. The summed E-state index contributed by atoms with van der Waals surface area (Å²) in [7, 11) is 1.57. The summed E-state index contributed by atoms with van der Waals surface area (Å²) in [5.41, 5.74) is 5.41. The molecule has 29 heavy (non-hydrogen) atoms. The second-order valence-electron chi connectivity index (χ2n) is 6.12. The van der Waals surface area contributed by atoms with Gasteiger partial charge in [-0.3, -0.25) is 0 Å². The van der Waals surface area contributed by atoms with Crippen molar-refractivity contribution in [2.75, 3.05) is 7.11 Å². The van der Waals surface area contributed by atoms with E-state index in [2.05, 4.69) is 10.5 Å². The van der Waals surface area contributed by atoms with Crippen LogP contribution in [-0.4, -0.2) is 13.3 Å². The summed E-state index contributed by atoms with van der Waals surface area (Å²) in [6, 6.07) is 17.0. The molecular formula is C22H19Cl2FN2O2. The first kappa shape index (κ1) is 21.0.